The highest BCUT2D eigenvalue weighted by Gasteiger charge is 2.17. The monoisotopic (exact) mass is 334 g/mol. The molecular weight excluding hydrogens is 308 g/mol. The van der Waals surface area contributed by atoms with Crippen LogP contribution in [0, 0.1) is 0 Å². The molecule has 2 aromatic rings. The maximum Gasteiger partial charge on any atom is 0.355 e. The number of nitrogens with two attached hydrogens (primary N) is 1. The summed E-state index contributed by atoms with van der Waals surface area (Å²) in [5, 5.41) is 0.918. The lowest BCUT2D eigenvalue weighted by molar-refractivity contribution is 0.0478. The van der Waals surface area contributed by atoms with Crippen molar-refractivity contribution >= 4 is 30.6 Å². The van der Waals surface area contributed by atoms with Crippen LogP contribution in [-0.2, 0) is 16.2 Å². The molecule has 0 bridgehead atoms. The van der Waals surface area contributed by atoms with Crippen LogP contribution in [0.3, 0.4) is 0 Å². The maximum absolute atomic E-state index is 12.2. The number of nitrogen functional groups attached to an aromatic ring is 1. The van der Waals surface area contributed by atoms with E-state index in [1.165, 1.54) is 0 Å². The number of fused-ring (bicyclic) bond motifs is 1. The average molecular weight is 334 g/mol. The van der Waals surface area contributed by atoms with Gasteiger partial charge in [-0.3, -0.25) is 0 Å². The van der Waals surface area contributed by atoms with Crippen LogP contribution >= 0.6 is 0 Å². The van der Waals surface area contributed by atoms with Gasteiger partial charge in [0.2, 0.25) is 0 Å². The number of nitrogens with zero attached hydrogens (tertiary/aromatic N) is 1. The van der Waals surface area contributed by atoms with Crippen LogP contribution in [0.4, 0.5) is 5.69 Å². The molecule has 0 radical (unpaired) electrons. The summed E-state index contributed by atoms with van der Waals surface area (Å²) in [4.78, 5) is 12.2. The molecule has 6 heteroatoms. The maximum atomic E-state index is 12.2. The summed E-state index contributed by atoms with van der Waals surface area (Å²) in [7, 11) is -1.13. The first-order valence-corrected chi connectivity index (χ1v) is 11.7. The summed E-state index contributed by atoms with van der Waals surface area (Å²) in [6, 6.07) is 8.50. The van der Waals surface area contributed by atoms with E-state index in [4.69, 9.17) is 15.2 Å². The van der Waals surface area contributed by atoms with Gasteiger partial charge in [0.15, 0.2) is 0 Å². The standard InChI is InChI=1S/C17H26N2O3Si/c1-5-22-17(20)16-11-13-10-14(18)6-7-15(13)19(16)12-21-8-9-23(2,3)4/h6-7,10-11H,5,8-9,12,18H2,1-4H3. The van der Waals surface area contributed by atoms with E-state index >= 15 is 0 Å². The molecule has 0 aliphatic heterocycles. The van der Waals surface area contributed by atoms with Gasteiger partial charge in [-0.15, -0.1) is 0 Å². The second-order valence-corrected chi connectivity index (χ2v) is 12.5. The Hall–Kier alpha value is -1.79. The predicted octanol–water partition coefficient (Wildman–Crippen LogP) is 3.71. The fourth-order valence-electron chi connectivity index (χ4n) is 2.34. The molecule has 2 rings (SSSR count). The Morgan fingerprint density at radius 3 is 2.65 bits per heavy atom. The normalized spacial score (nSPS) is 11.8. The minimum absolute atomic E-state index is 0.337. The van der Waals surface area contributed by atoms with Crippen molar-refractivity contribution in [1.82, 2.24) is 4.57 Å². The SMILES string of the molecule is CCOC(=O)c1cc2cc(N)ccc2n1COCC[Si](C)(C)C. The van der Waals surface area contributed by atoms with Crippen LogP contribution in [0.2, 0.25) is 25.7 Å². The lowest BCUT2D eigenvalue weighted by atomic mass is 10.2. The molecule has 0 atom stereocenters. The molecule has 0 spiro atoms. The summed E-state index contributed by atoms with van der Waals surface area (Å²) >= 11 is 0. The van der Waals surface area contributed by atoms with Gasteiger partial charge in [-0.2, -0.15) is 0 Å². The van der Waals surface area contributed by atoms with E-state index in [9.17, 15) is 4.79 Å². The summed E-state index contributed by atoms with van der Waals surface area (Å²) in [6.45, 7) is 10.1. The van der Waals surface area contributed by atoms with E-state index in [1.54, 1.807) is 6.92 Å². The zero-order valence-electron chi connectivity index (χ0n) is 14.4. The van der Waals surface area contributed by atoms with Crippen molar-refractivity contribution in [3.05, 3.63) is 30.0 Å². The quantitative estimate of drug-likeness (QED) is 0.363. The number of carbonyl (C=O) groups excluding carboxylic acids is 1. The molecule has 126 valence electrons. The largest absolute Gasteiger partial charge is 0.461 e. The molecule has 0 saturated carbocycles. The molecule has 1 heterocycles. The van der Waals surface area contributed by atoms with Crippen LogP contribution in [0.25, 0.3) is 10.9 Å². The first-order valence-electron chi connectivity index (χ1n) is 7.95. The van der Waals surface area contributed by atoms with Crippen molar-refractivity contribution < 1.29 is 14.3 Å². The van der Waals surface area contributed by atoms with Gasteiger partial charge >= 0.3 is 5.97 Å². The minimum Gasteiger partial charge on any atom is -0.461 e. The zero-order chi connectivity index (χ0) is 17.0. The molecule has 5 nitrogen and oxygen atoms in total. The Kier molecular flexibility index (Phi) is 5.49. The zero-order valence-corrected chi connectivity index (χ0v) is 15.4. The van der Waals surface area contributed by atoms with Crippen LogP contribution in [0.1, 0.15) is 17.4 Å². The smallest absolute Gasteiger partial charge is 0.355 e. The average Bonchev–Trinajstić information content (AvgIpc) is 2.80. The molecule has 1 aromatic carbocycles. The second kappa shape index (κ2) is 7.19. The fraction of sp³-hybridized carbons (Fsp3) is 0.471. The number of benzene rings is 1. The lowest BCUT2D eigenvalue weighted by Gasteiger charge is -2.16. The first kappa shape index (κ1) is 17.6. The Morgan fingerprint density at radius 1 is 1.26 bits per heavy atom. The highest BCUT2D eigenvalue weighted by Crippen LogP contribution is 2.23. The number of rotatable bonds is 7. The van der Waals surface area contributed by atoms with Crippen molar-refractivity contribution in [2.45, 2.75) is 39.3 Å². The molecule has 0 amide bonds. The summed E-state index contributed by atoms with van der Waals surface area (Å²) in [5.41, 5.74) is 7.93. The minimum atomic E-state index is -1.13. The molecule has 0 aliphatic rings. The molecule has 2 N–H and O–H groups in total. The number of esters is 1. The number of anilines is 1. The van der Waals surface area contributed by atoms with E-state index in [1.807, 2.05) is 28.8 Å². The van der Waals surface area contributed by atoms with Crippen LogP contribution in [0.15, 0.2) is 24.3 Å². The third-order valence-electron chi connectivity index (χ3n) is 3.63. The lowest BCUT2D eigenvalue weighted by Crippen LogP contribution is -2.22. The van der Waals surface area contributed by atoms with Gasteiger partial charge in [0.25, 0.3) is 0 Å². The van der Waals surface area contributed by atoms with Crippen LogP contribution < -0.4 is 5.73 Å². The van der Waals surface area contributed by atoms with Gasteiger partial charge in [0, 0.05) is 25.8 Å². The van der Waals surface area contributed by atoms with E-state index in [0.29, 0.717) is 31.3 Å². The predicted molar refractivity (Wildman–Crippen MR) is 96.4 cm³/mol. The summed E-state index contributed by atoms with van der Waals surface area (Å²) in [6.07, 6.45) is 0. The Morgan fingerprint density at radius 2 is 2.00 bits per heavy atom. The van der Waals surface area contributed by atoms with Gasteiger partial charge in [0.1, 0.15) is 12.4 Å². The molecule has 0 saturated heterocycles. The van der Waals surface area contributed by atoms with Gasteiger partial charge in [-0.05, 0) is 37.2 Å². The highest BCUT2D eigenvalue weighted by atomic mass is 28.3. The third kappa shape index (κ3) is 4.59. The molecule has 0 aliphatic carbocycles. The Labute approximate surface area is 138 Å². The Balaban J connectivity index is 2.24. The van der Waals surface area contributed by atoms with E-state index < -0.39 is 8.07 Å². The van der Waals surface area contributed by atoms with Crippen LogP contribution in [0.5, 0.6) is 0 Å². The van der Waals surface area contributed by atoms with Gasteiger partial charge < -0.3 is 19.8 Å². The Bertz CT molecular complexity index is 689. The van der Waals surface area contributed by atoms with Crippen molar-refractivity contribution in [3.63, 3.8) is 0 Å². The molecule has 23 heavy (non-hydrogen) atoms. The molecule has 1 aromatic heterocycles. The number of ether oxygens (including phenoxy) is 2. The van der Waals surface area contributed by atoms with Crippen molar-refractivity contribution in [2.75, 3.05) is 18.9 Å². The van der Waals surface area contributed by atoms with Gasteiger partial charge in [-0.1, -0.05) is 19.6 Å². The molecule has 0 fully saturated rings. The number of aromatic nitrogens is 1. The fourth-order valence-corrected chi connectivity index (χ4v) is 3.09. The topological polar surface area (TPSA) is 66.5 Å². The third-order valence-corrected chi connectivity index (χ3v) is 5.33. The summed E-state index contributed by atoms with van der Waals surface area (Å²) < 4.78 is 12.8. The van der Waals surface area contributed by atoms with Crippen LogP contribution in [-0.4, -0.2) is 31.8 Å². The molecule has 0 unspecified atom stereocenters. The van der Waals surface area contributed by atoms with E-state index in [0.717, 1.165) is 16.9 Å². The van der Waals surface area contributed by atoms with Crippen molar-refractivity contribution in [3.8, 4) is 0 Å². The van der Waals surface area contributed by atoms with E-state index in [2.05, 4.69) is 19.6 Å². The van der Waals surface area contributed by atoms with Crippen molar-refractivity contribution in [1.29, 1.82) is 0 Å². The number of carbonyl (C=O) groups is 1. The highest BCUT2D eigenvalue weighted by molar-refractivity contribution is 6.76. The number of hydrogen-bond donors (Lipinski definition) is 1. The number of hydrogen-bond acceptors (Lipinski definition) is 4. The van der Waals surface area contributed by atoms with Gasteiger partial charge in [-0.25, -0.2) is 4.79 Å². The van der Waals surface area contributed by atoms with Gasteiger partial charge in [0.05, 0.1) is 12.1 Å². The summed E-state index contributed by atoms with van der Waals surface area (Å²) in [5.74, 6) is -0.337. The van der Waals surface area contributed by atoms with Crippen molar-refractivity contribution in [2.24, 2.45) is 0 Å². The second-order valence-electron chi connectivity index (χ2n) is 6.84. The van der Waals surface area contributed by atoms with E-state index in [-0.39, 0.29) is 5.97 Å². The molecular formula is C17H26N2O3Si. The first-order chi connectivity index (χ1) is 10.8.